The fraction of sp³-hybridized carbons (Fsp3) is 0.133. The summed E-state index contributed by atoms with van der Waals surface area (Å²) in [6.07, 6.45) is 1.57. The van der Waals surface area contributed by atoms with Crippen molar-refractivity contribution in [3.05, 3.63) is 52.1 Å². The first-order valence-electron chi connectivity index (χ1n) is 6.35. The van der Waals surface area contributed by atoms with Gasteiger partial charge < -0.3 is 10.6 Å². The Balaban J connectivity index is 2.24. The molecule has 0 fully saturated rings. The van der Waals surface area contributed by atoms with Crippen LogP contribution in [0.1, 0.15) is 22.8 Å². The molecule has 6 heteroatoms. The average Bonchev–Trinajstić information content (AvgIpc) is 2.48. The third kappa shape index (κ3) is 3.80. The van der Waals surface area contributed by atoms with Crippen LogP contribution in [0.25, 0.3) is 0 Å². The normalized spacial score (nSPS) is 9.76. The molecule has 1 amide bonds. The molecule has 0 unspecified atom stereocenters. The number of amides is 1. The molecule has 0 aliphatic rings. The van der Waals surface area contributed by atoms with Crippen LogP contribution >= 0.6 is 15.9 Å². The third-order valence-corrected chi connectivity index (χ3v) is 3.22. The topological polar surface area (TPSA) is 77.8 Å². The standard InChI is InChI=1S/C15H13BrN4O/c1-2-18-14-7-10(5-6-19-14)15(21)20-13-8-12(16)4-3-11(13)9-17/h3-8H,2H2,1H3,(H,18,19)(H,20,21). The lowest BCUT2D eigenvalue weighted by molar-refractivity contribution is 0.102. The van der Waals surface area contributed by atoms with Crippen molar-refractivity contribution in [3.63, 3.8) is 0 Å². The molecule has 106 valence electrons. The van der Waals surface area contributed by atoms with E-state index >= 15 is 0 Å². The summed E-state index contributed by atoms with van der Waals surface area (Å²) in [5.74, 6) is 0.353. The van der Waals surface area contributed by atoms with Gasteiger partial charge in [0, 0.05) is 22.8 Å². The molecule has 0 atom stereocenters. The molecule has 2 aromatic rings. The number of hydrogen-bond acceptors (Lipinski definition) is 4. The van der Waals surface area contributed by atoms with Gasteiger partial charge in [-0.3, -0.25) is 4.79 Å². The number of pyridine rings is 1. The van der Waals surface area contributed by atoms with Gasteiger partial charge in [-0.1, -0.05) is 15.9 Å². The van der Waals surface area contributed by atoms with E-state index < -0.39 is 0 Å². The summed E-state index contributed by atoms with van der Waals surface area (Å²) in [5, 5.41) is 14.9. The summed E-state index contributed by atoms with van der Waals surface area (Å²) in [6.45, 7) is 2.68. The van der Waals surface area contributed by atoms with Gasteiger partial charge in [-0.2, -0.15) is 5.26 Å². The molecule has 0 aliphatic carbocycles. The Morgan fingerprint density at radius 2 is 2.19 bits per heavy atom. The molecule has 0 saturated heterocycles. The number of halogens is 1. The van der Waals surface area contributed by atoms with E-state index in [4.69, 9.17) is 5.26 Å². The zero-order valence-electron chi connectivity index (χ0n) is 11.4. The highest BCUT2D eigenvalue weighted by Crippen LogP contribution is 2.21. The van der Waals surface area contributed by atoms with Gasteiger partial charge in [0.1, 0.15) is 11.9 Å². The summed E-state index contributed by atoms with van der Waals surface area (Å²) in [6, 6.07) is 10.4. The molecular formula is C15H13BrN4O. The fourth-order valence-corrected chi connectivity index (χ4v) is 2.12. The van der Waals surface area contributed by atoms with Gasteiger partial charge in [-0.05, 0) is 37.3 Å². The van der Waals surface area contributed by atoms with Crippen LogP contribution in [-0.4, -0.2) is 17.4 Å². The molecule has 0 bridgehead atoms. The fourth-order valence-electron chi connectivity index (χ4n) is 1.76. The highest BCUT2D eigenvalue weighted by molar-refractivity contribution is 9.10. The number of nitrogens with zero attached hydrogens (tertiary/aromatic N) is 2. The molecule has 1 aromatic carbocycles. The van der Waals surface area contributed by atoms with Gasteiger partial charge in [-0.25, -0.2) is 4.98 Å². The zero-order chi connectivity index (χ0) is 15.2. The number of carbonyl (C=O) groups is 1. The maximum absolute atomic E-state index is 12.3. The molecule has 21 heavy (non-hydrogen) atoms. The van der Waals surface area contributed by atoms with Gasteiger partial charge in [-0.15, -0.1) is 0 Å². The van der Waals surface area contributed by atoms with Crippen molar-refractivity contribution in [1.29, 1.82) is 5.26 Å². The minimum atomic E-state index is -0.286. The van der Waals surface area contributed by atoms with Crippen molar-refractivity contribution in [2.24, 2.45) is 0 Å². The van der Waals surface area contributed by atoms with Crippen molar-refractivity contribution >= 4 is 33.3 Å². The number of carbonyl (C=O) groups excluding carboxylic acids is 1. The van der Waals surface area contributed by atoms with Crippen molar-refractivity contribution in [3.8, 4) is 6.07 Å². The Kier molecular flexibility index (Phi) is 4.90. The number of nitrogens with one attached hydrogen (secondary N) is 2. The Bertz CT molecular complexity index is 709. The molecule has 0 radical (unpaired) electrons. The summed E-state index contributed by atoms with van der Waals surface area (Å²) in [5.41, 5.74) is 1.36. The monoisotopic (exact) mass is 344 g/mol. The van der Waals surface area contributed by atoms with E-state index in [9.17, 15) is 4.79 Å². The maximum atomic E-state index is 12.3. The second-order valence-electron chi connectivity index (χ2n) is 4.22. The highest BCUT2D eigenvalue weighted by Gasteiger charge is 2.10. The van der Waals surface area contributed by atoms with Crippen LogP contribution in [-0.2, 0) is 0 Å². The van der Waals surface area contributed by atoms with Gasteiger partial charge in [0.25, 0.3) is 5.91 Å². The van der Waals surface area contributed by atoms with Crippen LogP contribution in [0.15, 0.2) is 41.0 Å². The molecule has 2 N–H and O–H groups in total. The maximum Gasteiger partial charge on any atom is 0.255 e. The van der Waals surface area contributed by atoms with E-state index in [0.717, 1.165) is 11.0 Å². The van der Waals surface area contributed by atoms with Crippen molar-refractivity contribution < 1.29 is 4.79 Å². The first kappa shape index (κ1) is 15.0. The molecule has 2 rings (SSSR count). The van der Waals surface area contributed by atoms with Gasteiger partial charge in [0.15, 0.2) is 0 Å². The van der Waals surface area contributed by atoms with Crippen LogP contribution in [0, 0.1) is 11.3 Å². The average molecular weight is 345 g/mol. The molecule has 0 spiro atoms. The predicted octanol–water partition coefficient (Wildman–Crippen LogP) is 3.40. The van der Waals surface area contributed by atoms with Gasteiger partial charge in [0.2, 0.25) is 0 Å². The Morgan fingerprint density at radius 3 is 2.90 bits per heavy atom. The lowest BCUT2D eigenvalue weighted by atomic mass is 10.1. The second-order valence-corrected chi connectivity index (χ2v) is 5.13. The van der Waals surface area contributed by atoms with Crippen LogP contribution in [0.5, 0.6) is 0 Å². The molecule has 5 nitrogen and oxygen atoms in total. The number of rotatable bonds is 4. The van der Waals surface area contributed by atoms with Crippen molar-refractivity contribution in [2.45, 2.75) is 6.92 Å². The Morgan fingerprint density at radius 1 is 1.38 bits per heavy atom. The summed E-state index contributed by atoms with van der Waals surface area (Å²) in [4.78, 5) is 16.4. The Hall–Kier alpha value is -2.39. The summed E-state index contributed by atoms with van der Waals surface area (Å²) >= 11 is 3.32. The molecule has 1 aromatic heterocycles. The second kappa shape index (κ2) is 6.86. The predicted molar refractivity (Wildman–Crippen MR) is 85.2 cm³/mol. The van der Waals surface area contributed by atoms with Gasteiger partial charge in [0.05, 0.1) is 11.3 Å². The quantitative estimate of drug-likeness (QED) is 0.890. The third-order valence-electron chi connectivity index (χ3n) is 2.73. The Labute approximate surface area is 131 Å². The van der Waals surface area contributed by atoms with E-state index in [0.29, 0.717) is 22.6 Å². The number of benzene rings is 1. The van der Waals surface area contributed by atoms with E-state index in [1.165, 1.54) is 0 Å². The van der Waals surface area contributed by atoms with Crippen LogP contribution in [0.2, 0.25) is 0 Å². The van der Waals surface area contributed by atoms with Gasteiger partial charge >= 0.3 is 0 Å². The van der Waals surface area contributed by atoms with Crippen molar-refractivity contribution in [2.75, 3.05) is 17.2 Å². The van der Waals surface area contributed by atoms with Crippen LogP contribution in [0.4, 0.5) is 11.5 Å². The van der Waals surface area contributed by atoms with E-state index in [1.54, 1.807) is 36.5 Å². The number of anilines is 2. The number of nitriles is 1. The van der Waals surface area contributed by atoms with E-state index in [2.05, 4.69) is 37.6 Å². The lowest BCUT2D eigenvalue weighted by Crippen LogP contribution is -2.13. The SMILES string of the molecule is CCNc1cc(C(=O)Nc2cc(Br)ccc2C#N)ccn1. The van der Waals surface area contributed by atoms with Crippen molar-refractivity contribution in [1.82, 2.24) is 4.98 Å². The zero-order valence-corrected chi connectivity index (χ0v) is 12.9. The smallest absolute Gasteiger partial charge is 0.255 e. The number of aromatic nitrogens is 1. The molecular weight excluding hydrogens is 332 g/mol. The van der Waals surface area contributed by atoms with E-state index in [1.807, 2.05) is 6.92 Å². The lowest BCUT2D eigenvalue weighted by Gasteiger charge is -2.09. The minimum absolute atomic E-state index is 0.286. The number of hydrogen-bond donors (Lipinski definition) is 2. The first-order valence-corrected chi connectivity index (χ1v) is 7.14. The molecule has 0 saturated carbocycles. The first-order chi connectivity index (χ1) is 10.1. The highest BCUT2D eigenvalue weighted by atomic mass is 79.9. The minimum Gasteiger partial charge on any atom is -0.370 e. The van der Waals surface area contributed by atoms with Crippen LogP contribution in [0.3, 0.4) is 0 Å². The largest absolute Gasteiger partial charge is 0.370 e. The summed E-state index contributed by atoms with van der Waals surface area (Å²) < 4.78 is 0.792. The van der Waals surface area contributed by atoms with Crippen LogP contribution < -0.4 is 10.6 Å². The molecule has 1 heterocycles. The van der Waals surface area contributed by atoms with E-state index in [-0.39, 0.29) is 5.91 Å². The summed E-state index contributed by atoms with van der Waals surface area (Å²) in [7, 11) is 0. The molecule has 0 aliphatic heterocycles.